The van der Waals surface area contributed by atoms with Crippen LogP contribution in [0.3, 0.4) is 0 Å². The van der Waals surface area contributed by atoms with E-state index in [2.05, 4.69) is 0 Å². The molecule has 0 fully saturated rings. The molecular formula is C14H14MgO6S2. The Morgan fingerprint density at radius 3 is 1.17 bits per heavy atom. The minimum absolute atomic E-state index is 0. The summed E-state index contributed by atoms with van der Waals surface area (Å²) in [5.41, 5.74) is 1.53. The van der Waals surface area contributed by atoms with Gasteiger partial charge in [0.25, 0.3) is 0 Å². The smallest absolute Gasteiger partial charge is 0.744 e. The van der Waals surface area contributed by atoms with Gasteiger partial charge in [-0.3, -0.25) is 0 Å². The van der Waals surface area contributed by atoms with Gasteiger partial charge < -0.3 is 9.11 Å². The molecule has 0 radical (unpaired) electrons. The van der Waals surface area contributed by atoms with Crippen LogP contribution >= 0.6 is 0 Å². The first-order valence-electron chi connectivity index (χ1n) is 6.05. The van der Waals surface area contributed by atoms with Crippen LogP contribution in [0, 0.1) is 13.8 Å². The molecule has 0 saturated carbocycles. The zero-order chi connectivity index (χ0) is 17.0. The fourth-order valence-electron chi connectivity index (χ4n) is 1.54. The van der Waals surface area contributed by atoms with Gasteiger partial charge in [-0.05, 0) is 49.2 Å². The van der Waals surface area contributed by atoms with E-state index >= 15 is 0 Å². The molecule has 23 heavy (non-hydrogen) atoms. The number of hydrogen-bond acceptors (Lipinski definition) is 6. The van der Waals surface area contributed by atoms with E-state index in [1.165, 1.54) is 24.3 Å². The van der Waals surface area contributed by atoms with Crippen molar-refractivity contribution in [1.29, 1.82) is 0 Å². The van der Waals surface area contributed by atoms with E-state index in [4.69, 9.17) is 0 Å². The molecule has 0 atom stereocenters. The molecule has 0 unspecified atom stereocenters. The second-order valence-corrected chi connectivity index (χ2v) is 7.30. The second kappa shape index (κ2) is 8.76. The summed E-state index contributed by atoms with van der Waals surface area (Å²) in [5, 5.41) is 0. The Morgan fingerprint density at radius 2 is 1.00 bits per heavy atom. The van der Waals surface area contributed by atoms with Crippen LogP contribution in [0.15, 0.2) is 58.3 Å². The molecule has 2 aromatic carbocycles. The maximum atomic E-state index is 10.4. The molecule has 0 amide bonds. The van der Waals surface area contributed by atoms with Gasteiger partial charge in [0.15, 0.2) is 0 Å². The molecule has 0 bridgehead atoms. The minimum Gasteiger partial charge on any atom is -0.744 e. The van der Waals surface area contributed by atoms with E-state index in [0.29, 0.717) is 0 Å². The van der Waals surface area contributed by atoms with E-state index in [-0.39, 0.29) is 32.8 Å². The molecule has 0 aliphatic heterocycles. The molecule has 2 aromatic rings. The third kappa shape index (κ3) is 7.91. The third-order valence-electron chi connectivity index (χ3n) is 2.56. The van der Waals surface area contributed by atoms with Gasteiger partial charge in [-0.2, -0.15) is 0 Å². The van der Waals surface area contributed by atoms with E-state index in [1.807, 2.05) is 0 Å². The number of hydrogen-bond donors (Lipinski definition) is 0. The summed E-state index contributed by atoms with van der Waals surface area (Å²) in [4.78, 5) is -0.338. The Bertz CT molecular complexity index is 787. The Kier molecular flexibility index (Phi) is 8.39. The van der Waals surface area contributed by atoms with Crippen LogP contribution < -0.4 is 0 Å². The standard InChI is InChI=1S/2C7H8O3S.Mg/c2*1-6-3-2-4-7(5-6)11(8,9)10;/h2*2-5H,1H3,(H,8,9,10);/q;;+2/p-2. The molecule has 0 aliphatic carbocycles. The van der Waals surface area contributed by atoms with Crippen molar-refractivity contribution in [2.24, 2.45) is 0 Å². The monoisotopic (exact) mass is 366 g/mol. The Labute approximate surface area is 152 Å². The molecule has 120 valence electrons. The van der Waals surface area contributed by atoms with Crippen molar-refractivity contribution in [2.75, 3.05) is 0 Å². The zero-order valence-electron chi connectivity index (χ0n) is 12.6. The predicted molar refractivity (Wildman–Crippen MR) is 84.0 cm³/mol. The third-order valence-corrected chi connectivity index (χ3v) is 4.22. The van der Waals surface area contributed by atoms with Gasteiger partial charge in [-0.1, -0.05) is 24.3 Å². The van der Waals surface area contributed by atoms with Gasteiger partial charge in [0, 0.05) is 0 Å². The van der Waals surface area contributed by atoms with Gasteiger partial charge in [-0.15, -0.1) is 0 Å². The van der Waals surface area contributed by atoms with E-state index < -0.39 is 20.2 Å². The van der Waals surface area contributed by atoms with Crippen molar-refractivity contribution >= 4 is 43.3 Å². The fraction of sp³-hybridized carbons (Fsp3) is 0.143. The van der Waals surface area contributed by atoms with Gasteiger partial charge in [0.1, 0.15) is 20.2 Å². The van der Waals surface area contributed by atoms with Gasteiger partial charge in [0.2, 0.25) is 0 Å². The largest absolute Gasteiger partial charge is 2.00 e. The predicted octanol–water partition coefficient (Wildman–Crippen LogP) is 1.42. The van der Waals surface area contributed by atoms with Crippen LogP contribution in [0.25, 0.3) is 0 Å². The number of benzene rings is 2. The normalized spacial score (nSPS) is 11.0. The van der Waals surface area contributed by atoms with E-state index in [9.17, 15) is 25.9 Å². The van der Waals surface area contributed by atoms with Crippen LogP contribution in [0.1, 0.15) is 11.1 Å². The van der Waals surface area contributed by atoms with E-state index in [0.717, 1.165) is 11.1 Å². The van der Waals surface area contributed by atoms with Crippen LogP contribution in [0.2, 0.25) is 0 Å². The number of aryl methyl sites for hydroxylation is 2. The summed E-state index contributed by atoms with van der Waals surface area (Å²) in [6.07, 6.45) is 0. The Hall–Kier alpha value is -0.974. The molecule has 6 nitrogen and oxygen atoms in total. The molecule has 0 heterocycles. The maximum absolute atomic E-state index is 10.4. The molecule has 0 spiro atoms. The van der Waals surface area contributed by atoms with Gasteiger partial charge in [0.05, 0.1) is 9.79 Å². The number of rotatable bonds is 2. The van der Waals surface area contributed by atoms with Crippen molar-refractivity contribution in [3.8, 4) is 0 Å². The van der Waals surface area contributed by atoms with Gasteiger partial charge in [-0.25, -0.2) is 16.8 Å². The second-order valence-electron chi connectivity index (χ2n) is 4.54. The maximum Gasteiger partial charge on any atom is 2.00 e. The van der Waals surface area contributed by atoms with Crippen molar-refractivity contribution in [3.05, 3.63) is 59.7 Å². The summed E-state index contributed by atoms with van der Waals surface area (Å²) < 4.78 is 62.6. The average Bonchev–Trinajstić information content (AvgIpc) is 2.37. The SMILES string of the molecule is Cc1cccc(S(=O)(=O)[O-])c1.Cc1cccc(S(=O)(=O)[O-])c1.[Mg+2]. The van der Waals surface area contributed by atoms with Crippen molar-refractivity contribution in [3.63, 3.8) is 0 Å². The quantitative estimate of drug-likeness (QED) is 0.586. The molecule has 0 aromatic heterocycles. The van der Waals surface area contributed by atoms with Crippen molar-refractivity contribution < 1.29 is 25.9 Å². The molecule has 2 rings (SSSR count). The van der Waals surface area contributed by atoms with Crippen LogP contribution in [-0.2, 0) is 20.2 Å². The van der Waals surface area contributed by atoms with E-state index in [1.54, 1.807) is 38.1 Å². The van der Waals surface area contributed by atoms with Crippen molar-refractivity contribution in [2.45, 2.75) is 23.6 Å². The molecule has 0 N–H and O–H groups in total. The Morgan fingerprint density at radius 1 is 0.696 bits per heavy atom. The molecule has 0 aliphatic rings. The first-order chi connectivity index (χ1) is 10.00. The Balaban J connectivity index is 0.000000403. The van der Waals surface area contributed by atoms with Crippen molar-refractivity contribution in [1.82, 2.24) is 0 Å². The minimum atomic E-state index is -4.28. The fourth-order valence-corrected chi connectivity index (χ4v) is 2.69. The average molecular weight is 367 g/mol. The topological polar surface area (TPSA) is 114 Å². The van der Waals surface area contributed by atoms with Crippen LogP contribution in [-0.4, -0.2) is 49.0 Å². The molecule has 9 heteroatoms. The van der Waals surface area contributed by atoms with Gasteiger partial charge >= 0.3 is 23.1 Å². The first-order valence-corrected chi connectivity index (χ1v) is 8.87. The summed E-state index contributed by atoms with van der Waals surface area (Å²) in [5.74, 6) is 0. The van der Waals surface area contributed by atoms with Crippen LogP contribution in [0.4, 0.5) is 0 Å². The molecular weight excluding hydrogens is 353 g/mol. The van der Waals surface area contributed by atoms with Crippen LogP contribution in [0.5, 0.6) is 0 Å². The summed E-state index contributed by atoms with van der Waals surface area (Å²) in [6.45, 7) is 3.46. The summed E-state index contributed by atoms with van der Waals surface area (Å²) in [6, 6.07) is 11.8. The summed E-state index contributed by atoms with van der Waals surface area (Å²) >= 11 is 0. The molecule has 0 saturated heterocycles. The first kappa shape index (κ1) is 22.0. The zero-order valence-corrected chi connectivity index (χ0v) is 15.6. The summed E-state index contributed by atoms with van der Waals surface area (Å²) in [7, 11) is -8.55.